The van der Waals surface area contributed by atoms with Gasteiger partial charge < -0.3 is 19.6 Å². The number of rotatable bonds is 3. The Kier molecular flexibility index (Phi) is 6.48. The number of fused-ring (bicyclic) bond motifs is 2. The minimum atomic E-state index is -0.976. The number of thioether (sulfide) groups is 1. The first-order valence-electron chi connectivity index (χ1n) is 12.0. The zero-order valence-corrected chi connectivity index (χ0v) is 21.1. The summed E-state index contributed by atoms with van der Waals surface area (Å²) in [6, 6.07) is 6.23. The number of esters is 1. The molecule has 2 saturated heterocycles. The van der Waals surface area contributed by atoms with Gasteiger partial charge in [0.05, 0.1) is 40.5 Å². The molecule has 2 fully saturated rings. The van der Waals surface area contributed by atoms with Gasteiger partial charge in [-0.3, -0.25) is 14.4 Å². The number of nitrogens with zero attached hydrogens (tertiary/aromatic N) is 2. The van der Waals surface area contributed by atoms with E-state index in [1.165, 1.54) is 16.7 Å². The third-order valence-corrected chi connectivity index (χ3v) is 9.60. The molecule has 4 heterocycles. The number of ether oxygens (including phenoxy) is 1. The number of hydrogen-bond donors (Lipinski definition) is 1. The fraction of sp³-hybridized carbons (Fsp3) is 0.500. The van der Waals surface area contributed by atoms with Crippen molar-refractivity contribution >= 4 is 46.8 Å². The molecule has 186 valence electrons. The van der Waals surface area contributed by atoms with Crippen LogP contribution in [0.2, 0.25) is 5.02 Å². The highest BCUT2D eigenvalue weighted by Gasteiger charge is 2.73. The van der Waals surface area contributed by atoms with Crippen molar-refractivity contribution in [2.45, 2.75) is 41.7 Å². The van der Waals surface area contributed by atoms with E-state index in [0.717, 1.165) is 19.3 Å². The summed E-state index contributed by atoms with van der Waals surface area (Å²) in [5.74, 6) is -2.50. The Morgan fingerprint density at radius 1 is 1.11 bits per heavy atom. The number of carbonyl (C=O) groups excluding carboxylic acids is 3. The fourth-order valence-corrected chi connectivity index (χ4v) is 8.42. The molecule has 1 spiro atoms. The van der Waals surface area contributed by atoms with Gasteiger partial charge in [0.2, 0.25) is 5.91 Å². The molecule has 4 aliphatic rings. The molecule has 1 N–H and O–H groups in total. The zero-order valence-electron chi connectivity index (χ0n) is 19.6. The third-order valence-electron chi connectivity index (χ3n) is 7.48. The Bertz CT molecular complexity index is 1110. The van der Waals surface area contributed by atoms with Gasteiger partial charge in [-0.15, -0.1) is 11.8 Å². The molecule has 0 aliphatic carbocycles. The molecule has 4 aliphatic heterocycles. The number of aliphatic hydroxyl groups is 1. The van der Waals surface area contributed by atoms with Crippen LogP contribution in [0.5, 0.6) is 0 Å². The normalized spacial score (nSPS) is 35.7. The van der Waals surface area contributed by atoms with E-state index in [1.54, 1.807) is 23.1 Å². The van der Waals surface area contributed by atoms with Crippen LogP contribution in [0.3, 0.4) is 0 Å². The number of carbonyl (C=O) groups is 3. The van der Waals surface area contributed by atoms with Crippen LogP contribution in [0.25, 0.3) is 0 Å². The summed E-state index contributed by atoms with van der Waals surface area (Å²) in [5.41, 5.74) is 0.563. The van der Waals surface area contributed by atoms with Crippen molar-refractivity contribution in [2.75, 3.05) is 31.2 Å². The number of benzene rings is 1. The van der Waals surface area contributed by atoms with E-state index in [-0.39, 0.29) is 31.5 Å². The number of para-hydroxylation sites is 1. The molecule has 1 unspecified atom stereocenters. The quantitative estimate of drug-likeness (QED) is 0.490. The number of likely N-dealkylation sites (tertiary alicyclic amines) is 1. The summed E-state index contributed by atoms with van der Waals surface area (Å²) in [5, 5.41) is 10.2. The van der Waals surface area contributed by atoms with Gasteiger partial charge >= 0.3 is 5.97 Å². The van der Waals surface area contributed by atoms with Gasteiger partial charge in [0.15, 0.2) is 0 Å². The smallest absolute Gasteiger partial charge is 0.311 e. The highest BCUT2D eigenvalue weighted by molar-refractivity contribution is 8.02. The summed E-state index contributed by atoms with van der Waals surface area (Å²) in [4.78, 5) is 44.6. The fourth-order valence-electron chi connectivity index (χ4n) is 6.03. The molecular formula is C26H29ClN2O5S. The maximum Gasteiger partial charge on any atom is 0.311 e. The second kappa shape index (κ2) is 9.30. The second-order valence-corrected chi connectivity index (χ2v) is 11.8. The van der Waals surface area contributed by atoms with Crippen LogP contribution in [0.15, 0.2) is 48.6 Å². The van der Waals surface area contributed by atoms with Gasteiger partial charge in [-0.25, -0.2) is 0 Å². The molecule has 2 amide bonds. The number of allylic oxidation sites excluding steroid dienone is 1. The molecule has 1 aromatic carbocycles. The van der Waals surface area contributed by atoms with Crippen LogP contribution < -0.4 is 4.90 Å². The number of aliphatic hydroxyl groups excluding tert-OH is 1. The summed E-state index contributed by atoms with van der Waals surface area (Å²) in [6.07, 6.45) is 10.5. The van der Waals surface area contributed by atoms with E-state index in [2.05, 4.69) is 6.08 Å². The second-order valence-electron chi connectivity index (χ2n) is 9.62. The van der Waals surface area contributed by atoms with Crippen molar-refractivity contribution in [3.63, 3.8) is 0 Å². The summed E-state index contributed by atoms with van der Waals surface area (Å²) >= 11 is 7.94. The van der Waals surface area contributed by atoms with Gasteiger partial charge in [-0.2, -0.15) is 0 Å². The first-order valence-corrected chi connectivity index (χ1v) is 13.2. The summed E-state index contributed by atoms with van der Waals surface area (Å²) in [7, 11) is 0. The first kappa shape index (κ1) is 24.4. The summed E-state index contributed by atoms with van der Waals surface area (Å²) in [6.45, 7) is 2.29. The maximum atomic E-state index is 14.2. The number of hydrogen-bond acceptors (Lipinski definition) is 6. The molecular weight excluding hydrogens is 488 g/mol. The highest BCUT2D eigenvalue weighted by Crippen LogP contribution is 2.65. The van der Waals surface area contributed by atoms with Gasteiger partial charge in [0.1, 0.15) is 6.04 Å². The van der Waals surface area contributed by atoms with Crippen LogP contribution in [0.4, 0.5) is 5.69 Å². The van der Waals surface area contributed by atoms with Crippen molar-refractivity contribution in [3.8, 4) is 0 Å². The molecule has 5 atom stereocenters. The average Bonchev–Trinajstić information content (AvgIpc) is 3.15. The predicted molar refractivity (Wildman–Crippen MR) is 135 cm³/mol. The lowest BCUT2D eigenvalue weighted by molar-refractivity contribution is -0.154. The molecule has 0 saturated carbocycles. The van der Waals surface area contributed by atoms with Gasteiger partial charge in [-0.05, 0) is 38.3 Å². The molecule has 9 heteroatoms. The third kappa shape index (κ3) is 3.81. The van der Waals surface area contributed by atoms with E-state index in [1.807, 2.05) is 31.2 Å². The molecule has 0 aromatic heterocycles. The molecule has 5 rings (SSSR count). The predicted octanol–water partition coefficient (Wildman–Crippen LogP) is 3.21. The number of anilines is 1. The van der Waals surface area contributed by atoms with Crippen LogP contribution >= 0.6 is 23.4 Å². The minimum Gasteiger partial charge on any atom is -0.465 e. The molecule has 0 bridgehead atoms. The first-order chi connectivity index (χ1) is 16.8. The van der Waals surface area contributed by atoms with E-state index in [9.17, 15) is 19.5 Å². The van der Waals surface area contributed by atoms with Crippen LogP contribution in [0.1, 0.15) is 26.2 Å². The standard InChI is InChI=1S/C26H29ClN2O5S/c1-25-11-6-2-3-7-16-34-24(33)20(25)19-22(31)29(14-15-30)21-23(32)28(13-8-12-26(19,21)35-25)18-10-5-4-9-17(18)27/h4-6,8-12,19-21,30H,2-3,7,13-16H2,1H3/b11-6-/t19-,20-,21?,25+,26-/m0/s1. The van der Waals surface area contributed by atoms with Crippen LogP contribution in [-0.4, -0.2) is 69.6 Å². The lowest BCUT2D eigenvalue weighted by Gasteiger charge is -2.36. The Morgan fingerprint density at radius 3 is 2.69 bits per heavy atom. The summed E-state index contributed by atoms with van der Waals surface area (Å²) < 4.78 is 3.95. The van der Waals surface area contributed by atoms with Crippen LogP contribution in [-0.2, 0) is 19.1 Å². The van der Waals surface area contributed by atoms with Gasteiger partial charge in [-0.1, -0.05) is 48.0 Å². The lowest BCUT2D eigenvalue weighted by Crippen LogP contribution is -2.54. The van der Waals surface area contributed by atoms with Crippen molar-refractivity contribution in [2.24, 2.45) is 11.8 Å². The van der Waals surface area contributed by atoms with Gasteiger partial charge in [0, 0.05) is 17.8 Å². The van der Waals surface area contributed by atoms with E-state index in [4.69, 9.17) is 16.3 Å². The Morgan fingerprint density at radius 2 is 1.91 bits per heavy atom. The Hall–Kier alpha value is -2.29. The Balaban J connectivity index is 1.65. The van der Waals surface area contributed by atoms with Crippen molar-refractivity contribution < 1.29 is 24.2 Å². The molecule has 1 aromatic rings. The molecule has 35 heavy (non-hydrogen) atoms. The monoisotopic (exact) mass is 516 g/mol. The van der Waals surface area contributed by atoms with E-state index in [0.29, 0.717) is 17.3 Å². The van der Waals surface area contributed by atoms with Crippen LogP contribution in [0, 0.1) is 11.8 Å². The van der Waals surface area contributed by atoms with Crippen molar-refractivity contribution in [1.29, 1.82) is 0 Å². The van der Waals surface area contributed by atoms with Gasteiger partial charge in [0.25, 0.3) is 5.91 Å². The molecule has 0 radical (unpaired) electrons. The highest BCUT2D eigenvalue weighted by atomic mass is 35.5. The average molecular weight is 517 g/mol. The minimum absolute atomic E-state index is 0.00652. The number of amides is 2. The number of halogens is 1. The lowest BCUT2D eigenvalue weighted by atomic mass is 9.74. The zero-order chi connectivity index (χ0) is 24.8. The number of cyclic esters (lactones) is 1. The van der Waals surface area contributed by atoms with Crippen molar-refractivity contribution in [1.82, 2.24) is 4.90 Å². The SMILES string of the molecule is C[C@@]12/C=C\CCCCOC(=O)[C@@H]1[C@H]1C(=O)N(CCO)C3C(=O)N(c4ccccc4Cl)CC=C[C@@]31S2. The maximum absolute atomic E-state index is 14.2. The Labute approximate surface area is 214 Å². The molecule has 7 nitrogen and oxygen atoms in total. The van der Waals surface area contributed by atoms with E-state index < -0.39 is 33.3 Å². The largest absolute Gasteiger partial charge is 0.465 e. The topological polar surface area (TPSA) is 87.1 Å². The van der Waals surface area contributed by atoms with Crippen molar-refractivity contribution in [3.05, 3.63) is 53.6 Å². The number of β-amino-alcohol motifs (C(OH)–C–C–N with tert-alkyl or cyclic N) is 1. The van der Waals surface area contributed by atoms with E-state index >= 15 is 0 Å².